The summed E-state index contributed by atoms with van der Waals surface area (Å²) in [7, 11) is 0.879. The third-order valence-electron chi connectivity index (χ3n) is 2.03. The Morgan fingerprint density at radius 3 is 2.08 bits per heavy atom. The monoisotopic (exact) mass is 204 g/mol. The van der Waals surface area contributed by atoms with Gasteiger partial charge in [0, 0.05) is 19.8 Å². The highest BCUT2D eigenvalue weighted by Gasteiger charge is 1.90. The lowest BCUT2D eigenvalue weighted by molar-refractivity contribution is 0.125. The number of hydrogen-bond donors (Lipinski definition) is 0. The second-order valence-corrected chi connectivity index (χ2v) is 3.95. The number of rotatable bonds is 10. The summed E-state index contributed by atoms with van der Waals surface area (Å²) in [6, 6.07) is 0. The predicted molar refractivity (Wildman–Crippen MR) is 60.1 cm³/mol. The topological polar surface area (TPSA) is 18.5 Å². The molecule has 2 nitrogen and oxygen atoms in total. The SMILES string of the molecule is CCCCCOCCCCCO[SiH3]. The van der Waals surface area contributed by atoms with Gasteiger partial charge < -0.3 is 9.16 Å². The zero-order chi connectivity index (χ0) is 9.78. The van der Waals surface area contributed by atoms with Gasteiger partial charge in [-0.3, -0.25) is 0 Å². The van der Waals surface area contributed by atoms with E-state index in [1.807, 2.05) is 0 Å². The van der Waals surface area contributed by atoms with E-state index in [0.717, 1.165) is 30.3 Å². The van der Waals surface area contributed by atoms with Crippen LogP contribution in [0.2, 0.25) is 0 Å². The van der Waals surface area contributed by atoms with Gasteiger partial charge in [-0.25, -0.2) is 0 Å². The summed E-state index contributed by atoms with van der Waals surface area (Å²) in [6.07, 6.45) is 7.43. The molecule has 0 bridgehead atoms. The van der Waals surface area contributed by atoms with Crippen LogP contribution in [-0.4, -0.2) is 30.3 Å². The minimum Gasteiger partial charge on any atom is -0.428 e. The zero-order valence-electron chi connectivity index (χ0n) is 9.18. The van der Waals surface area contributed by atoms with Gasteiger partial charge in [0.05, 0.1) is 0 Å². The molecule has 0 saturated carbocycles. The highest BCUT2D eigenvalue weighted by molar-refractivity contribution is 5.97. The van der Waals surface area contributed by atoms with E-state index in [-0.39, 0.29) is 0 Å². The Hall–Kier alpha value is 0.137. The second-order valence-electron chi connectivity index (χ2n) is 3.37. The first kappa shape index (κ1) is 13.1. The Morgan fingerprint density at radius 1 is 0.846 bits per heavy atom. The first-order chi connectivity index (χ1) is 6.41. The first-order valence-electron chi connectivity index (χ1n) is 5.48. The van der Waals surface area contributed by atoms with E-state index < -0.39 is 0 Å². The molecule has 0 aromatic rings. The summed E-state index contributed by atoms with van der Waals surface area (Å²) in [4.78, 5) is 0. The van der Waals surface area contributed by atoms with Crippen LogP contribution >= 0.6 is 0 Å². The summed E-state index contributed by atoms with van der Waals surface area (Å²) in [6.45, 7) is 5.05. The van der Waals surface area contributed by atoms with Gasteiger partial charge in [0.2, 0.25) is 0 Å². The van der Waals surface area contributed by atoms with Crippen molar-refractivity contribution in [3.63, 3.8) is 0 Å². The van der Waals surface area contributed by atoms with Crippen LogP contribution in [0.3, 0.4) is 0 Å². The average molecular weight is 204 g/mol. The fourth-order valence-electron chi connectivity index (χ4n) is 1.18. The van der Waals surface area contributed by atoms with E-state index in [9.17, 15) is 0 Å². The fourth-order valence-corrected chi connectivity index (χ4v) is 1.47. The lowest BCUT2D eigenvalue weighted by atomic mass is 10.2. The van der Waals surface area contributed by atoms with Crippen LogP contribution in [0.4, 0.5) is 0 Å². The molecular formula is C10H24O2Si. The molecule has 0 saturated heterocycles. The fraction of sp³-hybridized carbons (Fsp3) is 1.00. The largest absolute Gasteiger partial charge is 0.428 e. The van der Waals surface area contributed by atoms with E-state index in [0.29, 0.717) is 0 Å². The van der Waals surface area contributed by atoms with Crippen LogP contribution in [0, 0.1) is 0 Å². The van der Waals surface area contributed by atoms with Crippen molar-refractivity contribution >= 4 is 10.5 Å². The maximum atomic E-state index is 5.48. The van der Waals surface area contributed by atoms with Crippen molar-refractivity contribution in [3.8, 4) is 0 Å². The molecule has 0 N–H and O–H groups in total. The molecular weight excluding hydrogens is 180 g/mol. The Bertz CT molecular complexity index is 79.0. The van der Waals surface area contributed by atoms with Crippen molar-refractivity contribution in [1.29, 1.82) is 0 Å². The maximum absolute atomic E-state index is 5.48. The van der Waals surface area contributed by atoms with Gasteiger partial charge in [0.15, 0.2) is 0 Å². The van der Waals surface area contributed by atoms with E-state index in [1.54, 1.807) is 0 Å². The molecule has 0 aliphatic heterocycles. The Balaban J connectivity index is 2.76. The summed E-state index contributed by atoms with van der Waals surface area (Å²) >= 11 is 0. The molecule has 0 atom stereocenters. The molecule has 0 rings (SSSR count). The first-order valence-corrected chi connectivity index (χ1v) is 6.30. The standard InChI is InChI=1S/C10H24O2Si/c1-2-3-5-8-11-9-6-4-7-10-12-13/h2-10H2,1,13H3. The van der Waals surface area contributed by atoms with E-state index in [2.05, 4.69) is 6.92 Å². The Kier molecular flexibility index (Phi) is 12.3. The van der Waals surface area contributed by atoms with Crippen LogP contribution in [0.25, 0.3) is 0 Å². The normalized spacial score (nSPS) is 10.8. The molecule has 0 aromatic carbocycles. The molecule has 0 aliphatic carbocycles. The molecule has 3 heteroatoms. The van der Waals surface area contributed by atoms with Crippen molar-refractivity contribution in [2.45, 2.75) is 45.4 Å². The molecule has 0 radical (unpaired) electrons. The van der Waals surface area contributed by atoms with Crippen LogP contribution < -0.4 is 0 Å². The van der Waals surface area contributed by atoms with Crippen molar-refractivity contribution in [2.75, 3.05) is 19.8 Å². The molecule has 0 amide bonds. The molecule has 0 fully saturated rings. The molecule has 0 heterocycles. The van der Waals surface area contributed by atoms with Gasteiger partial charge in [-0.1, -0.05) is 19.8 Å². The Labute approximate surface area is 85.5 Å². The quantitative estimate of drug-likeness (QED) is 0.398. The van der Waals surface area contributed by atoms with Crippen LogP contribution in [0.1, 0.15) is 45.4 Å². The molecule has 80 valence electrons. The average Bonchev–Trinajstić information content (AvgIpc) is 2.16. The third-order valence-corrected chi connectivity index (χ3v) is 2.44. The molecule has 0 aliphatic rings. The zero-order valence-corrected chi connectivity index (χ0v) is 11.2. The van der Waals surface area contributed by atoms with E-state index in [4.69, 9.17) is 9.16 Å². The van der Waals surface area contributed by atoms with Gasteiger partial charge in [-0.15, -0.1) is 0 Å². The van der Waals surface area contributed by atoms with Crippen LogP contribution in [0.5, 0.6) is 0 Å². The number of hydrogen-bond acceptors (Lipinski definition) is 2. The van der Waals surface area contributed by atoms with Gasteiger partial charge in [0.25, 0.3) is 0 Å². The van der Waals surface area contributed by atoms with Crippen LogP contribution in [0.15, 0.2) is 0 Å². The summed E-state index contributed by atoms with van der Waals surface area (Å²) in [5.41, 5.74) is 0. The van der Waals surface area contributed by atoms with E-state index >= 15 is 0 Å². The third kappa shape index (κ3) is 12.1. The number of ether oxygens (including phenoxy) is 1. The minimum atomic E-state index is 0.879. The highest BCUT2D eigenvalue weighted by atomic mass is 28.2. The van der Waals surface area contributed by atoms with Crippen molar-refractivity contribution in [1.82, 2.24) is 0 Å². The minimum absolute atomic E-state index is 0.879. The summed E-state index contributed by atoms with van der Waals surface area (Å²) < 4.78 is 10.6. The molecule has 0 aromatic heterocycles. The van der Waals surface area contributed by atoms with Gasteiger partial charge in [-0.2, -0.15) is 0 Å². The molecule has 0 spiro atoms. The smallest absolute Gasteiger partial charge is 0.145 e. The van der Waals surface area contributed by atoms with Crippen molar-refractivity contribution < 1.29 is 9.16 Å². The molecule has 0 unspecified atom stereocenters. The number of unbranched alkanes of at least 4 members (excludes halogenated alkanes) is 4. The predicted octanol–water partition coefficient (Wildman–Crippen LogP) is 1.66. The van der Waals surface area contributed by atoms with Gasteiger partial charge in [0.1, 0.15) is 10.5 Å². The summed E-state index contributed by atoms with van der Waals surface area (Å²) in [5, 5.41) is 0. The molecule has 13 heavy (non-hydrogen) atoms. The lowest BCUT2D eigenvalue weighted by Gasteiger charge is -2.03. The van der Waals surface area contributed by atoms with E-state index in [1.165, 1.54) is 38.5 Å². The maximum Gasteiger partial charge on any atom is 0.145 e. The Morgan fingerprint density at radius 2 is 1.46 bits per heavy atom. The van der Waals surface area contributed by atoms with Crippen molar-refractivity contribution in [2.24, 2.45) is 0 Å². The second kappa shape index (κ2) is 12.1. The summed E-state index contributed by atoms with van der Waals surface area (Å²) in [5.74, 6) is 0. The van der Waals surface area contributed by atoms with Gasteiger partial charge in [-0.05, 0) is 25.7 Å². The highest BCUT2D eigenvalue weighted by Crippen LogP contribution is 1.98. The van der Waals surface area contributed by atoms with Crippen LogP contribution in [-0.2, 0) is 9.16 Å². The lowest BCUT2D eigenvalue weighted by Crippen LogP contribution is -1.98. The van der Waals surface area contributed by atoms with Gasteiger partial charge >= 0.3 is 0 Å². The van der Waals surface area contributed by atoms with Crippen molar-refractivity contribution in [3.05, 3.63) is 0 Å².